The van der Waals surface area contributed by atoms with Crippen molar-refractivity contribution in [1.29, 1.82) is 0 Å². The molecule has 0 spiro atoms. The molecule has 0 bridgehead atoms. The number of carbonyl (C=O) groups excluding carboxylic acids is 2. The minimum atomic E-state index is 0.160. The summed E-state index contributed by atoms with van der Waals surface area (Å²) in [5.74, 6) is 0.356. The molecule has 2 amide bonds. The van der Waals surface area contributed by atoms with Gasteiger partial charge in [0.05, 0.1) is 39.4 Å². The molecule has 0 aromatic heterocycles. The Bertz CT molecular complexity index is 673. The maximum absolute atomic E-state index is 12.5. The predicted octanol–water partition coefficient (Wildman–Crippen LogP) is -1.45. The third-order valence-corrected chi connectivity index (χ3v) is 5.84. The van der Waals surface area contributed by atoms with Crippen molar-refractivity contribution >= 4 is 23.4 Å². The van der Waals surface area contributed by atoms with Gasteiger partial charge in [-0.3, -0.25) is 9.59 Å². The van der Waals surface area contributed by atoms with E-state index in [9.17, 15) is 9.59 Å². The van der Waals surface area contributed by atoms with Crippen molar-refractivity contribution in [2.24, 2.45) is 0 Å². The van der Waals surface area contributed by atoms with Gasteiger partial charge in [0.15, 0.2) is 13.1 Å². The summed E-state index contributed by atoms with van der Waals surface area (Å²) >= 11 is 6.05. The fraction of sp³-hybridized carbons (Fsp3) is 0.600. The molecule has 154 valence electrons. The SMILES string of the molecule is C[C@H]([NH2+]CC(=O)N1CC[NH+](CC(=O)N2CCOCC2)CC1)c1cccc(Cl)c1. The third kappa shape index (κ3) is 5.91. The first-order valence-corrected chi connectivity index (χ1v) is 10.5. The number of morpholine rings is 1. The molecule has 2 aliphatic rings. The second-order valence-electron chi connectivity index (χ2n) is 7.58. The summed E-state index contributed by atoms with van der Waals surface area (Å²) in [5.41, 5.74) is 1.12. The molecule has 7 nitrogen and oxygen atoms in total. The Hall–Kier alpha value is -1.67. The molecule has 0 aliphatic carbocycles. The van der Waals surface area contributed by atoms with Gasteiger partial charge in [-0.2, -0.15) is 0 Å². The van der Waals surface area contributed by atoms with Crippen LogP contribution in [0, 0.1) is 0 Å². The molecule has 0 radical (unpaired) electrons. The van der Waals surface area contributed by atoms with E-state index in [0.29, 0.717) is 52.5 Å². The zero-order valence-corrected chi connectivity index (χ0v) is 17.3. The number of nitrogens with zero attached hydrogens (tertiary/aromatic N) is 2. The topological polar surface area (TPSA) is 70.9 Å². The number of nitrogens with one attached hydrogen (secondary N) is 1. The number of hydrogen-bond acceptors (Lipinski definition) is 3. The molecule has 1 aromatic carbocycles. The van der Waals surface area contributed by atoms with Gasteiger partial charge in [-0.1, -0.05) is 23.7 Å². The van der Waals surface area contributed by atoms with Crippen LogP contribution in [0.25, 0.3) is 0 Å². The van der Waals surface area contributed by atoms with Gasteiger partial charge in [0.25, 0.3) is 11.8 Å². The number of benzene rings is 1. The molecule has 8 heteroatoms. The Kier molecular flexibility index (Phi) is 7.67. The second kappa shape index (κ2) is 10.2. The van der Waals surface area contributed by atoms with Crippen molar-refractivity contribution in [3.05, 3.63) is 34.9 Å². The van der Waals surface area contributed by atoms with E-state index < -0.39 is 0 Å². The Morgan fingerprint density at radius 1 is 1.14 bits per heavy atom. The van der Waals surface area contributed by atoms with Crippen LogP contribution >= 0.6 is 11.6 Å². The summed E-state index contributed by atoms with van der Waals surface area (Å²) in [5, 5.41) is 2.77. The molecule has 0 unspecified atom stereocenters. The smallest absolute Gasteiger partial charge is 0.278 e. The van der Waals surface area contributed by atoms with Gasteiger partial charge < -0.3 is 24.8 Å². The normalized spacial score (nSPS) is 19.5. The maximum Gasteiger partial charge on any atom is 0.278 e. The molecule has 2 heterocycles. The van der Waals surface area contributed by atoms with E-state index in [1.165, 1.54) is 4.90 Å². The molecule has 0 saturated carbocycles. The summed E-state index contributed by atoms with van der Waals surface area (Å²) < 4.78 is 5.30. The molecule has 2 aliphatic heterocycles. The van der Waals surface area contributed by atoms with E-state index in [1.54, 1.807) is 0 Å². The van der Waals surface area contributed by atoms with E-state index in [2.05, 4.69) is 12.2 Å². The zero-order chi connectivity index (χ0) is 19.9. The van der Waals surface area contributed by atoms with Crippen molar-refractivity contribution in [3.63, 3.8) is 0 Å². The molecule has 2 saturated heterocycles. The fourth-order valence-corrected chi connectivity index (χ4v) is 3.92. The van der Waals surface area contributed by atoms with Crippen LogP contribution in [0.2, 0.25) is 5.02 Å². The second-order valence-corrected chi connectivity index (χ2v) is 8.02. The first-order valence-electron chi connectivity index (χ1n) is 10.1. The van der Waals surface area contributed by atoms with Crippen LogP contribution in [0.1, 0.15) is 18.5 Å². The average molecular weight is 411 g/mol. The van der Waals surface area contributed by atoms with E-state index in [1.807, 2.05) is 34.1 Å². The van der Waals surface area contributed by atoms with Gasteiger partial charge in [0.1, 0.15) is 6.04 Å². The number of carbonyl (C=O) groups is 2. The van der Waals surface area contributed by atoms with Crippen LogP contribution in [-0.4, -0.2) is 87.2 Å². The van der Waals surface area contributed by atoms with E-state index in [0.717, 1.165) is 23.7 Å². The van der Waals surface area contributed by atoms with Crippen molar-refractivity contribution in [3.8, 4) is 0 Å². The number of quaternary nitrogens is 2. The molecule has 28 heavy (non-hydrogen) atoms. The number of piperazine rings is 1. The van der Waals surface area contributed by atoms with Gasteiger partial charge in [0, 0.05) is 23.7 Å². The van der Waals surface area contributed by atoms with Gasteiger partial charge in [-0.25, -0.2) is 0 Å². The van der Waals surface area contributed by atoms with Gasteiger partial charge in [-0.05, 0) is 19.1 Å². The molecule has 1 aromatic rings. The average Bonchev–Trinajstić information content (AvgIpc) is 2.73. The highest BCUT2D eigenvalue weighted by Crippen LogP contribution is 2.14. The highest BCUT2D eigenvalue weighted by molar-refractivity contribution is 6.30. The Morgan fingerprint density at radius 3 is 2.50 bits per heavy atom. The number of hydrogen-bond donors (Lipinski definition) is 2. The highest BCUT2D eigenvalue weighted by atomic mass is 35.5. The summed E-state index contributed by atoms with van der Waals surface area (Å²) in [7, 11) is 0. The first-order chi connectivity index (χ1) is 13.5. The lowest BCUT2D eigenvalue weighted by Crippen LogP contribution is -3.16. The van der Waals surface area contributed by atoms with E-state index in [-0.39, 0.29) is 17.9 Å². The van der Waals surface area contributed by atoms with Crippen molar-refractivity contribution < 1.29 is 24.5 Å². The van der Waals surface area contributed by atoms with E-state index in [4.69, 9.17) is 16.3 Å². The Balaban J connectivity index is 1.38. The predicted molar refractivity (Wildman–Crippen MR) is 106 cm³/mol. The largest absolute Gasteiger partial charge is 0.378 e. The van der Waals surface area contributed by atoms with Crippen LogP contribution in [0.5, 0.6) is 0 Å². The summed E-state index contributed by atoms with van der Waals surface area (Å²) in [6.07, 6.45) is 0. The highest BCUT2D eigenvalue weighted by Gasteiger charge is 2.28. The zero-order valence-electron chi connectivity index (χ0n) is 16.5. The van der Waals surface area contributed by atoms with Gasteiger partial charge in [0.2, 0.25) is 0 Å². The summed E-state index contributed by atoms with van der Waals surface area (Å²) in [4.78, 5) is 30.0. The Morgan fingerprint density at radius 2 is 1.82 bits per heavy atom. The number of rotatable bonds is 6. The summed E-state index contributed by atoms with van der Waals surface area (Å²) in [6, 6.07) is 7.95. The first kappa shape index (κ1) is 21.0. The Labute approximate surface area is 171 Å². The number of amides is 2. The lowest BCUT2D eigenvalue weighted by atomic mass is 10.1. The lowest BCUT2D eigenvalue weighted by Gasteiger charge is -2.33. The molecule has 3 rings (SSSR count). The van der Waals surface area contributed by atoms with Crippen LogP contribution in [0.3, 0.4) is 0 Å². The molecule has 1 atom stereocenters. The quantitative estimate of drug-likeness (QED) is 0.603. The molecule has 2 fully saturated rings. The van der Waals surface area contributed by atoms with Crippen LogP contribution in [0.4, 0.5) is 0 Å². The number of halogens is 1. The summed E-state index contributed by atoms with van der Waals surface area (Å²) in [6.45, 7) is 8.74. The lowest BCUT2D eigenvalue weighted by molar-refractivity contribution is -0.896. The molecular formula is C20H31ClN4O3+2. The standard InChI is InChI=1S/C20H29ClN4O3/c1-16(17-3-2-4-18(21)13-17)22-14-19(26)24-7-5-23(6-8-24)15-20(27)25-9-11-28-12-10-25/h2-4,13,16,22H,5-12,14-15H2,1H3/p+2/t16-/m0/s1. The van der Waals surface area contributed by atoms with Gasteiger partial charge in [-0.15, -0.1) is 0 Å². The fourth-order valence-electron chi connectivity index (χ4n) is 3.72. The van der Waals surface area contributed by atoms with E-state index >= 15 is 0 Å². The number of ether oxygens (including phenoxy) is 1. The van der Waals surface area contributed by atoms with Crippen LogP contribution < -0.4 is 10.2 Å². The van der Waals surface area contributed by atoms with Crippen molar-refractivity contribution in [2.45, 2.75) is 13.0 Å². The maximum atomic E-state index is 12.5. The van der Waals surface area contributed by atoms with Crippen LogP contribution in [0.15, 0.2) is 24.3 Å². The third-order valence-electron chi connectivity index (χ3n) is 5.61. The molecule has 3 N–H and O–H groups in total. The van der Waals surface area contributed by atoms with Crippen molar-refractivity contribution in [1.82, 2.24) is 9.80 Å². The number of nitrogens with two attached hydrogens (primary N) is 1. The van der Waals surface area contributed by atoms with Crippen molar-refractivity contribution in [2.75, 3.05) is 65.6 Å². The monoisotopic (exact) mass is 410 g/mol. The van der Waals surface area contributed by atoms with Crippen LogP contribution in [-0.2, 0) is 14.3 Å². The molecular weight excluding hydrogens is 380 g/mol. The minimum Gasteiger partial charge on any atom is -0.378 e. The minimum absolute atomic E-state index is 0.160. The van der Waals surface area contributed by atoms with Gasteiger partial charge >= 0.3 is 0 Å².